The summed E-state index contributed by atoms with van der Waals surface area (Å²) in [5.74, 6) is 0. The summed E-state index contributed by atoms with van der Waals surface area (Å²) in [5.41, 5.74) is 0.275. The zero-order valence-corrected chi connectivity index (χ0v) is 9.41. The van der Waals surface area contributed by atoms with Crippen molar-refractivity contribution in [2.45, 2.75) is 20.8 Å². The molecule has 0 aromatic carbocycles. The summed E-state index contributed by atoms with van der Waals surface area (Å²) in [6, 6.07) is 0. The van der Waals surface area contributed by atoms with Crippen LogP contribution in [0, 0.1) is 18.9 Å². The predicted octanol–water partition coefficient (Wildman–Crippen LogP) is 1.62. The molecule has 0 aromatic heterocycles. The maximum Gasteiger partial charge on any atom is 0 e. The van der Waals surface area contributed by atoms with Crippen LogP contribution in [0.3, 0.4) is 0 Å². The Morgan fingerprint density at radius 1 is 1.44 bits per heavy atom. The van der Waals surface area contributed by atoms with Crippen LogP contribution < -0.4 is 5.32 Å². The molecule has 1 N–H and O–H groups in total. The first kappa shape index (κ1) is 12.7. The summed E-state index contributed by atoms with van der Waals surface area (Å²) in [7, 11) is 0. The van der Waals surface area contributed by atoms with Gasteiger partial charge in [0.25, 0.3) is 0 Å². The third-order valence-corrected chi connectivity index (χ3v) is 0.679. The molecular weight excluding hydrogens is 187 g/mol. The number of hydrogen-bond donors (Lipinski definition) is 1. The van der Waals surface area contributed by atoms with Crippen LogP contribution in [0.15, 0.2) is 0 Å². The minimum atomic E-state index is 0. The Kier molecular flexibility index (Phi) is 8.22. The van der Waals surface area contributed by atoms with Crippen LogP contribution in [0.2, 0.25) is 0 Å². The average molecular weight is 202 g/mol. The second-order valence-corrected chi connectivity index (χ2v) is 2.96. The van der Waals surface area contributed by atoms with E-state index in [0.717, 1.165) is 6.54 Å². The Morgan fingerprint density at radius 3 is 2.00 bits per heavy atom. The van der Waals surface area contributed by atoms with Gasteiger partial charge in [0.2, 0.25) is 0 Å². The van der Waals surface area contributed by atoms with Crippen LogP contribution in [0.1, 0.15) is 20.8 Å². The van der Waals surface area contributed by atoms with Gasteiger partial charge in [-0.25, -0.2) is 0 Å². The van der Waals surface area contributed by atoms with Crippen molar-refractivity contribution in [2.24, 2.45) is 5.41 Å². The van der Waals surface area contributed by atoms with Crippen LogP contribution in [0.4, 0.5) is 0 Å². The minimum absolute atomic E-state index is 0. The van der Waals surface area contributed by atoms with E-state index >= 15 is 0 Å². The fourth-order valence-electron chi connectivity index (χ4n) is 0.378. The second kappa shape index (κ2) is 5.82. The molecule has 2 heteroatoms. The predicted molar refractivity (Wildman–Crippen MR) is 37.1 cm³/mol. The average Bonchev–Trinajstić information content (AvgIpc) is 1.59. The Labute approximate surface area is 83.9 Å². The van der Waals surface area contributed by atoms with Crippen LogP contribution in [0.5, 0.6) is 0 Å². The molecule has 0 bridgehead atoms. The van der Waals surface area contributed by atoms with Crippen molar-refractivity contribution >= 4 is 0 Å². The van der Waals surface area contributed by atoms with Crippen LogP contribution >= 0.6 is 0 Å². The van der Waals surface area contributed by atoms with E-state index in [1.54, 1.807) is 0 Å². The van der Waals surface area contributed by atoms with Crippen LogP contribution in [-0.2, 0) is 32.7 Å². The maximum absolute atomic E-state index is 3.65. The Morgan fingerprint density at radius 2 is 1.89 bits per heavy atom. The van der Waals surface area contributed by atoms with Crippen molar-refractivity contribution in [3.05, 3.63) is 13.5 Å². The van der Waals surface area contributed by atoms with E-state index in [4.69, 9.17) is 0 Å². The SMILES string of the molecule is [CH2-]CN[CH-]C(C)(C)C.[Y]. The molecule has 0 spiro atoms. The van der Waals surface area contributed by atoms with Gasteiger partial charge in [-0.15, -0.1) is 0 Å². The Bertz CT molecular complexity index is 56.4. The molecule has 0 unspecified atom stereocenters. The van der Waals surface area contributed by atoms with E-state index in [-0.39, 0.29) is 38.1 Å². The van der Waals surface area contributed by atoms with Crippen LogP contribution in [-0.4, -0.2) is 6.54 Å². The van der Waals surface area contributed by atoms with E-state index in [1.165, 1.54) is 0 Å². The van der Waals surface area contributed by atoms with Gasteiger partial charge in [-0.2, -0.15) is 12.0 Å². The monoisotopic (exact) mass is 202 g/mol. The van der Waals surface area contributed by atoms with Gasteiger partial charge in [0.05, 0.1) is 0 Å². The Balaban J connectivity index is 0. The van der Waals surface area contributed by atoms with Gasteiger partial charge in [0.1, 0.15) is 0 Å². The first-order chi connectivity index (χ1) is 3.56. The van der Waals surface area contributed by atoms with E-state index in [9.17, 15) is 0 Å². The van der Waals surface area contributed by atoms with E-state index in [2.05, 4.69) is 39.6 Å². The molecule has 0 aliphatic rings. The molecule has 0 heterocycles. The second-order valence-electron chi connectivity index (χ2n) is 2.96. The normalized spacial score (nSPS) is 10.7. The quantitative estimate of drug-likeness (QED) is 0.671. The molecule has 0 saturated heterocycles. The van der Waals surface area contributed by atoms with E-state index in [0.29, 0.717) is 0 Å². The standard InChI is InChI=1S/C7H15N.Y/c1-5-8-6-7(2,3)4;/h6,8H,1,5H2,2-4H3;/q-2;. The van der Waals surface area contributed by atoms with Crippen LogP contribution in [0.25, 0.3) is 0 Å². The summed E-state index contributed by atoms with van der Waals surface area (Å²) >= 11 is 0. The molecule has 0 aromatic rings. The summed E-state index contributed by atoms with van der Waals surface area (Å²) in [6.07, 6.45) is 0. The van der Waals surface area contributed by atoms with E-state index < -0.39 is 0 Å². The number of hydrogen-bond acceptors (Lipinski definition) is 1. The summed E-state index contributed by atoms with van der Waals surface area (Å²) < 4.78 is 0. The van der Waals surface area contributed by atoms with Gasteiger partial charge in [0, 0.05) is 32.7 Å². The van der Waals surface area contributed by atoms with Gasteiger partial charge in [-0.05, 0) is 0 Å². The van der Waals surface area contributed by atoms with Crippen molar-refractivity contribution in [1.29, 1.82) is 0 Å². The molecule has 0 saturated carbocycles. The Hall–Kier alpha value is 1.06. The molecule has 1 nitrogen and oxygen atoms in total. The first-order valence-corrected chi connectivity index (χ1v) is 2.93. The molecule has 0 fully saturated rings. The minimum Gasteiger partial charge on any atom is -0.495 e. The molecule has 0 amide bonds. The zero-order chi connectivity index (χ0) is 6.62. The van der Waals surface area contributed by atoms with Gasteiger partial charge >= 0.3 is 0 Å². The smallest absolute Gasteiger partial charge is 0 e. The third kappa shape index (κ3) is 12.3. The summed E-state index contributed by atoms with van der Waals surface area (Å²) in [6.45, 7) is 12.9. The molecule has 9 heavy (non-hydrogen) atoms. The third-order valence-electron chi connectivity index (χ3n) is 0.679. The first-order valence-electron chi connectivity index (χ1n) is 2.93. The maximum atomic E-state index is 3.65. The van der Waals surface area contributed by atoms with Crippen molar-refractivity contribution in [2.75, 3.05) is 6.54 Å². The van der Waals surface area contributed by atoms with Gasteiger partial charge < -0.3 is 12.2 Å². The fraction of sp³-hybridized carbons (Fsp3) is 0.714. The van der Waals surface area contributed by atoms with Crippen molar-refractivity contribution < 1.29 is 32.7 Å². The molecule has 0 atom stereocenters. The molecule has 0 rings (SSSR count). The number of rotatable bonds is 2. The molecule has 0 aliphatic carbocycles. The van der Waals surface area contributed by atoms with Crippen molar-refractivity contribution in [3.8, 4) is 0 Å². The fourth-order valence-corrected chi connectivity index (χ4v) is 0.378. The van der Waals surface area contributed by atoms with Gasteiger partial charge in [-0.1, -0.05) is 20.8 Å². The molecular formula is C7H15NY-2. The van der Waals surface area contributed by atoms with Gasteiger partial charge in [0.15, 0.2) is 0 Å². The number of nitrogens with one attached hydrogen (secondary N) is 1. The summed E-state index contributed by atoms with van der Waals surface area (Å²) in [5, 5.41) is 3.05. The molecule has 1 radical (unpaired) electrons. The van der Waals surface area contributed by atoms with Gasteiger partial charge in [-0.3, -0.25) is 6.54 Å². The molecule has 53 valence electrons. The molecule has 0 aliphatic heterocycles. The summed E-state index contributed by atoms with van der Waals surface area (Å²) in [4.78, 5) is 0. The zero-order valence-electron chi connectivity index (χ0n) is 6.57. The van der Waals surface area contributed by atoms with Crippen molar-refractivity contribution in [3.63, 3.8) is 0 Å². The van der Waals surface area contributed by atoms with E-state index in [1.807, 2.05) is 0 Å². The topological polar surface area (TPSA) is 12.0 Å². The van der Waals surface area contributed by atoms with Crippen molar-refractivity contribution in [1.82, 2.24) is 5.32 Å². The largest absolute Gasteiger partial charge is 0.495 e.